The van der Waals surface area contributed by atoms with Gasteiger partial charge in [-0.3, -0.25) is 0 Å². The van der Waals surface area contributed by atoms with Crippen molar-refractivity contribution < 1.29 is 13.2 Å². The molecule has 1 aromatic heterocycles. The van der Waals surface area contributed by atoms with Gasteiger partial charge in [0.25, 0.3) is 6.43 Å². The van der Waals surface area contributed by atoms with E-state index in [9.17, 15) is 13.2 Å². The zero-order valence-corrected chi connectivity index (χ0v) is 11.2. The number of pyridine rings is 1. The van der Waals surface area contributed by atoms with Crippen molar-refractivity contribution in [3.63, 3.8) is 0 Å². The van der Waals surface area contributed by atoms with Crippen LogP contribution in [-0.4, -0.2) is 13.1 Å². The van der Waals surface area contributed by atoms with E-state index in [1.807, 2.05) is 19.6 Å². The summed E-state index contributed by atoms with van der Waals surface area (Å²) in [5.74, 6) is -0.648. The minimum Gasteiger partial charge on any atom is -0.212 e. The van der Waals surface area contributed by atoms with E-state index in [1.54, 1.807) is 0 Å². The molecule has 1 rings (SSSR count). The number of halogens is 4. The number of aromatic nitrogens is 1. The van der Waals surface area contributed by atoms with Crippen LogP contribution in [0.15, 0.2) is 10.7 Å². The minimum absolute atomic E-state index is 0.114. The van der Waals surface area contributed by atoms with Crippen molar-refractivity contribution in [1.82, 2.24) is 4.98 Å². The van der Waals surface area contributed by atoms with E-state index in [2.05, 4.69) is 20.9 Å². The van der Waals surface area contributed by atoms with Gasteiger partial charge in [-0.25, -0.2) is 13.8 Å². The molecule has 6 heteroatoms. The van der Waals surface area contributed by atoms with Crippen LogP contribution in [0, 0.1) is 5.95 Å². The third-order valence-corrected chi connectivity index (χ3v) is 4.60. The Balaban J connectivity index is 3.37. The van der Waals surface area contributed by atoms with Gasteiger partial charge >= 0.3 is 0 Å². The Morgan fingerprint density at radius 1 is 1.33 bits per heavy atom. The van der Waals surface area contributed by atoms with Crippen LogP contribution < -0.4 is 5.19 Å². The molecular formula is C9H11BrF3NSi. The van der Waals surface area contributed by atoms with Gasteiger partial charge in [0.05, 0.1) is 13.6 Å². The lowest BCUT2D eigenvalue weighted by Crippen LogP contribution is -2.41. The van der Waals surface area contributed by atoms with Crippen LogP contribution in [0.4, 0.5) is 13.2 Å². The molecule has 0 aliphatic rings. The largest absolute Gasteiger partial charge is 0.266 e. The Bertz CT molecular complexity index is 376. The normalized spacial score (nSPS) is 12.3. The molecular weight excluding hydrogens is 287 g/mol. The van der Waals surface area contributed by atoms with Gasteiger partial charge in [0, 0.05) is 0 Å². The van der Waals surface area contributed by atoms with Gasteiger partial charge in [-0.2, -0.15) is 4.39 Å². The summed E-state index contributed by atoms with van der Waals surface area (Å²) in [5, 5.41) is 0.334. The molecule has 0 unspecified atom stereocenters. The molecule has 1 nitrogen and oxygen atoms in total. The highest BCUT2D eigenvalue weighted by atomic mass is 79.9. The SMILES string of the molecule is C[Si](C)(C)c1cc(C(F)F)c(Br)nc1F. The third kappa shape index (κ3) is 2.81. The quantitative estimate of drug-likeness (QED) is 0.602. The number of hydrogen-bond acceptors (Lipinski definition) is 1. The first kappa shape index (κ1) is 12.7. The predicted molar refractivity (Wildman–Crippen MR) is 59.8 cm³/mol. The maximum Gasteiger partial charge on any atom is 0.266 e. The molecule has 0 aliphatic carbocycles. The standard InChI is InChI=1S/C9H11BrF3NSi/c1-15(2,3)6-4-5(8(11)12)7(10)14-9(6)13/h4,8H,1-3H3. The van der Waals surface area contributed by atoms with E-state index >= 15 is 0 Å². The Kier molecular flexibility index (Phi) is 3.60. The van der Waals surface area contributed by atoms with Crippen LogP contribution in [0.2, 0.25) is 19.6 Å². The fourth-order valence-electron chi connectivity index (χ4n) is 1.16. The molecule has 0 radical (unpaired) electrons. The molecule has 0 saturated heterocycles. The van der Waals surface area contributed by atoms with Crippen LogP contribution in [0.1, 0.15) is 12.0 Å². The molecule has 1 aromatic rings. The van der Waals surface area contributed by atoms with Gasteiger partial charge in [0.2, 0.25) is 5.95 Å². The Morgan fingerprint density at radius 3 is 2.27 bits per heavy atom. The maximum absolute atomic E-state index is 13.4. The molecule has 84 valence electrons. The first-order valence-electron chi connectivity index (χ1n) is 4.38. The highest BCUT2D eigenvalue weighted by Gasteiger charge is 2.25. The summed E-state index contributed by atoms with van der Waals surface area (Å²) >= 11 is 2.83. The smallest absolute Gasteiger partial charge is 0.212 e. The van der Waals surface area contributed by atoms with Gasteiger partial charge in [-0.1, -0.05) is 19.6 Å². The molecule has 0 N–H and O–H groups in total. The zero-order chi connectivity index (χ0) is 11.8. The van der Waals surface area contributed by atoms with Gasteiger partial charge < -0.3 is 0 Å². The van der Waals surface area contributed by atoms with E-state index < -0.39 is 20.4 Å². The van der Waals surface area contributed by atoms with Gasteiger partial charge in [0.1, 0.15) is 4.60 Å². The molecule has 0 amide bonds. The topological polar surface area (TPSA) is 12.9 Å². The van der Waals surface area contributed by atoms with Crippen molar-refractivity contribution in [1.29, 1.82) is 0 Å². The van der Waals surface area contributed by atoms with E-state index in [0.717, 1.165) is 0 Å². The van der Waals surface area contributed by atoms with E-state index in [1.165, 1.54) is 6.07 Å². The number of nitrogens with zero attached hydrogens (tertiary/aromatic N) is 1. The van der Waals surface area contributed by atoms with Gasteiger partial charge in [-0.15, -0.1) is 0 Å². The molecule has 0 aromatic carbocycles. The van der Waals surface area contributed by atoms with Crippen LogP contribution in [0.3, 0.4) is 0 Å². The maximum atomic E-state index is 13.4. The second kappa shape index (κ2) is 4.25. The summed E-state index contributed by atoms with van der Waals surface area (Å²) in [7, 11) is -1.97. The molecule has 0 aliphatic heterocycles. The molecule has 0 bridgehead atoms. The van der Waals surface area contributed by atoms with Crippen molar-refractivity contribution in [3.05, 3.63) is 22.2 Å². The summed E-state index contributed by atoms with van der Waals surface area (Å²) in [6.07, 6.45) is -2.64. The molecule has 0 saturated carbocycles. The van der Waals surface area contributed by atoms with Crippen LogP contribution in [-0.2, 0) is 0 Å². The summed E-state index contributed by atoms with van der Waals surface area (Å²) in [5.41, 5.74) is -0.242. The molecule has 15 heavy (non-hydrogen) atoms. The monoisotopic (exact) mass is 297 g/mol. The number of rotatable bonds is 2. The van der Waals surface area contributed by atoms with E-state index in [0.29, 0.717) is 5.19 Å². The summed E-state index contributed by atoms with van der Waals surface area (Å²) in [4.78, 5) is 3.47. The van der Waals surface area contributed by atoms with Crippen molar-refractivity contribution >= 4 is 29.2 Å². The molecule has 0 atom stereocenters. The Hall–Kier alpha value is -0.363. The fourth-order valence-corrected chi connectivity index (χ4v) is 2.87. The van der Waals surface area contributed by atoms with Crippen LogP contribution in [0.25, 0.3) is 0 Å². The second-order valence-corrected chi connectivity index (χ2v) is 10.0. The van der Waals surface area contributed by atoms with Crippen molar-refractivity contribution in [2.75, 3.05) is 0 Å². The van der Waals surface area contributed by atoms with Crippen molar-refractivity contribution in [3.8, 4) is 0 Å². The Morgan fingerprint density at radius 2 is 1.87 bits per heavy atom. The lowest BCUT2D eigenvalue weighted by Gasteiger charge is -2.18. The van der Waals surface area contributed by atoms with Crippen molar-refractivity contribution in [2.24, 2.45) is 0 Å². The van der Waals surface area contributed by atoms with Gasteiger partial charge in [0.15, 0.2) is 0 Å². The number of alkyl halides is 2. The highest BCUT2D eigenvalue weighted by Crippen LogP contribution is 2.25. The summed E-state index contributed by atoms with van der Waals surface area (Å²) < 4.78 is 38.4. The van der Waals surface area contributed by atoms with Gasteiger partial charge in [-0.05, 0) is 27.2 Å². The second-order valence-electron chi connectivity index (χ2n) is 4.26. The van der Waals surface area contributed by atoms with Crippen molar-refractivity contribution in [2.45, 2.75) is 26.1 Å². The minimum atomic E-state index is -2.64. The molecule has 1 heterocycles. The average Bonchev–Trinajstić information content (AvgIpc) is 2.00. The fraction of sp³-hybridized carbons (Fsp3) is 0.444. The zero-order valence-electron chi connectivity index (χ0n) is 8.61. The van der Waals surface area contributed by atoms with Crippen LogP contribution >= 0.6 is 15.9 Å². The highest BCUT2D eigenvalue weighted by molar-refractivity contribution is 9.10. The molecule has 0 fully saturated rings. The van der Waals surface area contributed by atoms with E-state index in [-0.39, 0.29) is 10.2 Å². The summed E-state index contributed by atoms with van der Waals surface area (Å²) in [6.45, 7) is 5.66. The van der Waals surface area contributed by atoms with E-state index in [4.69, 9.17) is 0 Å². The predicted octanol–water partition coefficient (Wildman–Crippen LogP) is 3.47. The third-order valence-electron chi connectivity index (χ3n) is 2.00. The van der Waals surface area contributed by atoms with Crippen LogP contribution in [0.5, 0.6) is 0 Å². The average molecular weight is 298 g/mol. The number of hydrogen-bond donors (Lipinski definition) is 0. The first-order valence-corrected chi connectivity index (χ1v) is 8.67. The Labute approximate surface area is 95.9 Å². The molecule has 0 spiro atoms. The lowest BCUT2D eigenvalue weighted by molar-refractivity contribution is 0.150. The lowest BCUT2D eigenvalue weighted by atomic mass is 10.3. The first-order chi connectivity index (χ1) is 6.73. The summed E-state index contributed by atoms with van der Waals surface area (Å²) in [6, 6.07) is 1.23.